The molecule has 1 unspecified atom stereocenters. The van der Waals surface area contributed by atoms with Gasteiger partial charge in [0.15, 0.2) is 11.5 Å². The van der Waals surface area contributed by atoms with Crippen molar-refractivity contribution in [3.63, 3.8) is 0 Å². The van der Waals surface area contributed by atoms with Crippen LogP contribution in [0.15, 0.2) is 53.4 Å². The molecule has 0 bridgehead atoms. The first kappa shape index (κ1) is 19.2. The molecule has 0 spiro atoms. The predicted octanol–water partition coefficient (Wildman–Crippen LogP) is 4.88. The SMILES string of the molecule is COc1cc(C(=O)NC(C)c2cccc(Cl)c2)ccc1OCc1cscn1. The fourth-order valence-corrected chi connectivity index (χ4v) is 3.27. The Labute approximate surface area is 166 Å². The normalized spacial score (nSPS) is 11.7. The third-order valence-electron chi connectivity index (χ3n) is 3.98. The molecule has 2 aromatic carbocycles. The van der Waals surface area contributed by atoms with E-state index in [1.165, 1.54) is 11.3 Å². The highest BCUT2D eigenvalue weighted by Gasteiger charge is 2.15. The van der Waals surface area contributed by atoms with Gasteiger partial charge in [0.2, 0.25) is 0 Å². The van der Waals surface area contributed by atoms with Crippen LogP contribution in [-0.2, 0) is 6.61 Å². The summed E-state index contributed by atoms with van der Waals surface area (Å²) < 4.78 is 11.1. The van der Waals surface area contributed by atoms with Gasteiger partial charge in [-0.15, -0.1) is 11.3 Å². The summed E-state index contributed by atoms with van der Waals surface area (Å²) in [6, 6.07) is 12.3. The molecule has 27 heavy (non-hydrogen) atoms. The highest BCUT2D eigenvalue weighted by molar-refractivity contribution is 7.07. The molecular weight excluding hydrogens is 384 g/mol. The molecule has 5 nitrogen and oxygen atoms in total. The predicted molar refractivity (Wildman–Crippen MR) is 107 cm³/mol. The van der Waals surface area contributed by atoms with Gasteiger partial charge in [-0.05, 0) is 42.8 Å². The van der Waals surface area contributed by atoms with E-state index in [0.717, 1.165) is 11.3 Å². The van der Waals surface area contributed by atoms with Gasteiger partial charge in [-0.25, -0.2) is 4.98 Å². The first-order valence-electron chi connectivity index (χ1n) is 8.31. The summed E-state index contributed by atoms with van der Waals surface area (Å²) in [5.41, 5.74) is 4.02. The van der Waals surface area contributed by atoms with Crippen LogP contribution in [0, 0.1) is 0 Å². The number of nitrogens with one attached hydrogen (secondary N) is 1. The molecule has 0 aliphatic carbocycles. The number of carbonyl (C=O) groups excluding carboxylic acids is 1. The number of rotatable bonds is 7. The van der Waals surface area contributed by atoms with E-state index in [9.17, 15) is 4.79 Å². The number of benzene rings is 2. The van der Waals surface area contributed by atoms with Crippen LogP contribution in [0.3, 0.4) is 0 Å². The van der Waals surface area contributed by atoms with Crippen molar-refractivity contribution in [3.05, 3.63) is 75.2 Å². The molecule has 140 valence electrons. The number of carbonyl (C=O) groups is 1. The Balaban J connectivity index is 1.69. The first-order valence-corrected chi connectivity index (χ1v) is 9.63. The van der Waals surface area contributed by atoms with E-state index >= 15 is 0 Å². The summed E-state index contributed by atoms with van der Waals surface area (Å²) in [5, 5.41) is 5.52. The van der Waals surface area contributed by atoms with E-state index in [4.69, 9.17) is 21.1 Å². The summed E-state index contributed by atoms with van der Waals surface area (Å²) >= 11 is 7.53. The maximum Gasteiger partial charge on any atom is 0.251 e. The summed E-state index contributed by atoms with van der Waals surface area (Å²) in [6.07, 6.45) is 0. The number of nitrogens with zero attached hydrogens (tertiary/aromatic N) is 1. The van der Waals surface area contributed by atoms with Crippen molar-refractivity contribution in [2.24, 2.45) is 0 Å². The van der Waals surface area contributed by atoms with Crippen LogP contribution in [0.2, 0.25) is 5.02 Å². The van der Waals surface area contributed by atoms with Crippen LogP contribution in [0.4, 0.5) is 0 Å². The number of thiazole rings is 1. The van der Waals surface area contributed by atoms with Crippen LogP contribution < -0.4 is 14.8 Å². The topological polar surface area (TPSA) is 60.5 Å². The molecule has 1 heterocycles. The van der Waals surface area contributed by atoms with Crippen molar-refractivity contribution in [1.29, 1.82) is 0 Å². The van der Waals surface area contributed by atoms with Gasteiger partial charge in [0.1, 0.15) is 6.61 Å². The monoisotopic (exact) mass is 402 g/mol. The molecule has 0 radical (unpaired) electrons. The molecule has 3 aromatic rings. The van der Waals surface area contributed by atoms with E-state index < -0.39 is 0 Å². The third kappa shape index (κ3) is 4.99. The average molecular weight is 403 g/mol. The molecule has 0 fully saturated rings. The van der Waals surface area contributed by atoms with Crippen molar-refractivity contribution in [3.8, 4) is 11.5 Å². The lowest BCUT2D eigenvalue weighted by Gasteiger charge is -2.16. The number of hydrogen-bond donors (Lipinski definition) is 1. The number of halogens is 1. The Kier molecular flexibility index (Phi) is 6.32. The van der Waals surface area contributed by atoms with Crippen molar-refractivity contribution in [2.75, 3.05) is 7.11 Å². The van der Waals surface area contributed by atoms with Crippen LogP contribution in [0.1, 0.15) is 34.6 Å². The lowest BCUT2D eigenvalue weighted by Crippen LogP contribution is -2.26. The van der Waals surface area contributed by atoms with Crippen molar-refractivity contribution in [1.82, 2.24) is 10.3 Å². The molecule has 7 heteroatoms. The van der Waals surface area contributed by atoms with Gasteiger partial charge < -0.3 is 14.8 Å². The summed E-state index contributed by atoms with van der Waals surface area (Å²) in [7, 11) is 1.54. The van der Waals surface area contributed by atoms with Gasteiger partial charge >= 0.3 is 0 Å². The third-order valence-corrected chi connectivity index (χ3v) is 4.85. The molecule has 1 aromatic heterocycles. The maximum atomic E-state index is 12.6. The highest BCUT2D eigenvalue weighted by atomic mass is 35.5. The van der Waals surface area contributed by atoms with Crippen LogP contribution in [-0.4, -0.2) is 18.0 Å². The smallest absolute Gasteiger partial charge is 0.251 e. The Hall–Kier alpha value is -2.57. The van der Waals surface area contributed by atoms with Gasteiger partial charge in [-0.3, -0.25) is 4.79 Å². The van der Waals surface area contributed by atoms with Crippen LogP contribution >= 0.6 is 22.9 Å². The molecular formula is C20H19ClN2O3S. The van der Waals surface area contributed by atoms with E-state index in [2.05, 4.69) is 10.3 Å². The van der Waals surface area contributed by atoms with E-state index in [1.807, 2.05) is 30.5 Å². The van der Waals surface area contributed by atoms with Gasteiger partial charge in [0.25, 0.3) is 5.91 Å². The van der Waals surface area contributed by atoms with Crippen molar-refractivity contribution >= 4 is 28.8 Å². The van der Waals surface area contributed by atoms with Gasteiger partial charge in [-0.2, -0.15) is 0 Å². The molecule has 0 saturated heterocycles. The quantitative estimate of drug-likeness (QED) is 0.612. The van der Waals surface area contributed by atoms with Gasteiger partial charge in [0.05, 0.1) is 24.4 Å². The number of aromatic nitrogens is 1. The number of amides is 1. The molecule has 0 saturated carbocycles. The lowest BCUT2D eigenvalue weighted by molar-refractivity contribution is 0.0939. The minimum Gasteiger partial charge on any atom is -0.493 e. The number of methoxy groups -OCH3 is 1. The van der Waals surface area contributed by atoms with Crippen molar-refractivity contribution in [2.45, 2.75) is 19.6 Å². The minimum atomic E-state index is -0.202. The fourth-order valence-electron chi connectivity index (χ4n) is 2.53. The summed E-state index contributed by atoms with van der Waals surface area (Å²) in [5.74, 6) is 0.852. The Morgan fingerprint density at radius 1 is 1.26 bits per heavy atom. The zero-order valence-corrected chi connectivity index (χ0v) is 16.5. The minimum absolute atomic E-state index is 0.178. The zero-order valence-electron chi connectivity index (χ0n) is 14.9. The Morgan fingerprint density at radius 2 is 2.11 bits per heavy atom. The molecule has 1 amide bonds. The van der Waals surface area contributed by atoms with E-state index in [-0.39, 0.29) is 11.9 Å². The van der Waals surface area contributed by atoms with Gasteiger partial charge in [0, 0.05) is 16.0 Å². The van der Waals surface area contributed by atoms with E-state index in [1.54, 1.807) is 36.9 Å². The fraction of sp³-hybridized carbons (Fsp3) is 0.200. The van der Waals surface area contributed by atoms with Crippen molar-refractivity contribution < 1.29 is 14.3 Å². The Bertz CT molecular complexity index is 915. The Morgan fingerprint density at radius 3 is 2.81 bits per heavy atom. The first-order chi connectivity index (χ1) is 13.1. The molecule has 3 rings (SSSR count). The van der Waals surface area contributed by atoms with Gasteiger partial charge in [-0.1, -0.05) is 23.7 Å². The second-order valence-electron chi connectivity index (χ2n) is 5.88. The maximum absolute atomic E-state index is 12.6. The standard InChI is InChI=1S/C20H19ClN2O3S/c1-13(14-4-3-5-16(21)8-14)23-20(24)15-6-7-18(19(9-15)25-2)26-10-17-11-27-12-22-17/h3-9,11-13H,10H2,1-2H3,(H,23,24). The molecule has 0 aliphatic heterocycles. The average Bonchev–Trinajstić information content (AvgIpc) is 3.19. The second-order valence-corrected chi connectivity index (χ2v) is 7.04. The number of ether oxygens (including phenoxy) is 2. The molecule has 1 atom stereocenters. The lowest BCUT2D eigenvalue weighted by atomic mass is 10.1. The van der Waals surface area contributed by atoms with E-state index in [0.29, 0.717) is 28.7 Å². The molecule has 0 aliphatic rings. The number of hydrogen-bond acceptors (Lipinski definition) is 5. The summed E-state index contributed by atoms with van der Waals surface area (Å²) in [6.45, 7) is 2.25. The summed E-state index contributed by atoms with van der Waals surface area (Å²) in [4.78, 5) is 16.8. The highest BCUT2D eigenvalue weighted by Crippen LogP contribution is 2.29. The second kappa shape index (κ2) is 8.88. The van der Waals surface area contributed by atoms with Crippen LogP contribution in [0.5, 0.6) is 11.5 Å². The largest absolute Gasteiger partial charge is 0.493 e. The zero-order chi connectivity index (χ0) is 19.2. The molecule has 1 N–H and O–H groups in total. The van der Waals surface area contributed by atoms with Crippen LogP contribution in [0.25, 0.3) is 0 Å².